The van der Waals surface area contributed by atoms with E-state index in [0.29, 0.717) is 11.4 Å². The first kappa shape index (κ1) is 17.4. The van der Waals surface area contributed by atoms with Gasteiger partial charge in [0.25, 0.3) is 15.7 Å². The van der Waals surface area contributed by atoms with Gasteiger partial charge in [0.05, 0.1) is 25.3 Å². The molecule has 0 spiro atoms. The van der Waals surface area contributed by atoms with E-state index >= 15 is 0 Å². The van der Waals surface area contributed by atoms with Gasteiger partial charge in [-0.25, -0.2) is 8.42 Å². The Hall–Kier alpha value is -3.04. The molecule has 0 saturated carbocycles. The highest BCUT2D eigenvalue weighted by molar-refractivity contribution is 7.99. The maximum atomic E-state index is 12.6. The van der Waals surface area contributed by atoms with Gasteiger partial charge in [-0.15, -0.1) is 0 Å². The molecule has 1 aliphatic heterocycles. The van der Waals surface area contributed by atoms with Gasteiger partial charge in [0.2, 0.25) is 0 Å². The van der Waals surface area contributed by atoms with Gasteiger partial charge in [-0.1, -0.05) is 30.0 Å². The minimum Gasteiger partial charge on any atom is -0.455 e. The molecule has 1 N–H and O–H groups in total. The van der Waals surface area contributed by atoms with Crippen molar-refractivity contribution < 1.29 is 18.1 Å². The molecule has 0 unspecified atom stereocenters. The number of ether oxygens (including phenoxy) is 1. The van der Waals surface area contributed by atoms with Crippen LogP contribution in [0.1, 0.15) is 0 Å². The zero-order valence-electron chi connectivity index (χ0n) is 13.7. The zero-order chi connectivity index (χ0) is 19.0. The number of rotatable bonds is 4. The molecule has 0 atom stereocenters. The first-order chi connectivity index (χ1) is 12.9. The minimum absolute atomic E-state index is 0.177. The lowest BCUT2D eigenvalue weighted by atomic mass is 10.3. The van der Waals surface area contributed by atoms with Crippen LogP contribution in [-0.2, 0) is 10.0 Å². The van der Waals surface area contributed by atoms with Crippen molar-refractivity contribution in [2.75, 3.05) is 4.72 Å². The monoisotopic (exact) mass is 400 g/mol. The van der Waals surface area contributed by atoms with Crippen LogP contribution in [0.4, 0.5) is 11.4 Å². The fourth-order valence-corrected chi connectivity index (χ4v) is 4.65. The maximum Gasteiger partial charge on any atom is 0.270 e. The number of benzene rings is 3. The highest BCUT2D eigenvalue weighted by atomic mass is 32.2. The van der Waals surface area contributed by atoms with Gasteiger partial charge in [0.1, 0.15) is 11.5 Å². The molecule has 0 aliphatic carbocycles. The van der Waals surface area contributed by atoms with Crippen molar-refractivity contribution in [3.05, 3.63) is 76.8 Å². The van der Waals surface area contributed by atoms with Gasteiger partial charge >= 0.3 is 0 Å². The standard InChI is InChI=1S/C18H12N2O5S2/c21-20(22)13-4-3-5-14(11-13)27(23,24)19-12-8-9-16-18(10-12)26-17-7-2-1-6-15(17)25-16/h1-11,19H. The van der Waals surface area contributed by atoms with Crippen LogP contribution in [0.3, 0.4) is 0 Å². The van der Waals surface area contributed by atoms with Crippen molar-refractivity contribution in [1.29, 1.82) is 0 Å². The van der Waals surface area contributed by atoms with Crippen LogP contribution in [-0.4, -0.2) is 13.3 Å². The second kappa shape index (κ2) is 6.60. The number of para-hydroxylation sites is 1. The summed E-state index contributed by atoms with van der Waals surface area (Å²) in [6.45, 7) is 0. The van der Waals surface area contributed by atoms with Crippen molar-refractivity contribution in [3.63, 3.8) is 0 Å². The molecule has 0 saturated heterocycles. The second-order valence-corrected chi connectivity index (χ2v) is 8.44. The Morgan fingerprint density at radius 2 is 1.70 bits per heavy atom. The lowest BCUT2D eigenvalue weighted by molar-refractivity contribution is -0.385. The largest absolute Gasteiger partial charge is 0.455 e. The van der Waals surface area contributed by atoms with Crippen LogP contribution >= 0.6 is 11.8 Å². The summed E-state index contributed by atoms with van der Waals surface area (Å²) >= 11 is 1.48. The summed E-state index contributed by atoms with van der Waals surface area (Å²) in [6, 6.07) is 17.4. The minimum atomic E-state index is -3.96. The lowest BCUT2D eigenvalue weighted by Gasteiger charge is -2.20. The number of hydrogen-bond donors (Lipinski definition) is 1. The Labute approximate surface area is 159 Å². The lowest BCUT2D eigenvalue weighted by Crippen LogP contribution is -2.13. The highest BCUT2D eigenvalue weighted by Gasteiger charge is 2.21. The number of sulfonamides is 1. The third-order valence-electron chi connectivity index (χ3n) is 3.82. The van der Waals surface area contributed by atoms with Crippen molar-refractivity contribution in [2.45, 2.75) is 14.7 Å². The normalized spacial score (nSPS) is 12.4. The summed E-state index contributed by atoms with van der Waals surface area (Å²) in [7, 11) is -3.96. The van der Waals surface area contributed by atoms with E-state index in [1.165, 1.54) is 30.0 Å². The molecule has 0 radical (unpaired) electrons. The number of non-ortho nitro benzene ring substituents is 1. The Morgan fingerprint density at radius 3 is 2.52 bits per heavy atom. The summed E-state index contributed by atoms with van der Waals surface area (Å²) in [5.74, 6) is 1.39. The number of hydrogen-bond acceptors (Lipinski definition) is 6. The molecule has 7 nitrogen and oxygen atoms in total. The Morgan fingerprint density at radius 1 is 0.926 bits per heavy atom. The molecular formula is C18H12N2O5S2. The van der Waals surface area contributed by atoms with Crippen LogP contribution in [0.15, 0.2) is 81.4 Å². The molecule has 0 bridgehead atoms. The number of nitro benzene ring substituents is 1. The molecule has 1 aliphatic rings. The molecule has 0 aromatic heterocycles. The molecule has 0 amide bonds. The molecule has 3 aromatic carbocycles. The maximum absolute atomic E-state index is 12.6. The Balaban J connectivity index is 1.62. The van der Waals surface area contributed by atoms with E-state index in [9.17, 15) is 18.5 Å². The van der Waals surface area contributed by atoms with Crippen LogP contribution in [0.2, 0.25) is 0 Å². The number of nitro groups is 1. The molecule has 27 heavy (non-hydrogen) atoms. The smallest absolute Gasteiger partial charge is 0.270 e. The number of nitrogens with zero attached hydrogens (tertiary/aromatic N) is 1. The SMILES string of the molecule is O=[N+]([O-])c1cccc(S(=O)(=O)Nc2ccc3c(c2)Sc2ccccc2O3)c1. The quantitative estimate of drug-likeness (QED) is 0.395. The average Bonchev–Trinajstić information content (AvgIpc) is 2.66. The molecule has 136 valence electrons. The molecule has 3 aromatic rings. The Kier molecular flexibility index (Phi) is 4.25. The van der Waals surface area contributed by atoms with Gasteiger partial charge in [0, 0.05) is 12.1 Å². The Bertz CT molecular complexity index is 1160. The van der Waals surface area contributed by atoms with E-state index in [1.54, 1.807) is 18.2 Å². The topological polar surface area (TPSA) is 98.5 Å². The van der Waals surface area contributed by atoms with Gasteiger partial charge in [-0.2, -0.15) is 0 Å². The van der Waals surface area contributed by atoms with E-state index in [0.717, 1.165) is 21.6 Å². The van der Waals surface area contributed by atoms with E-state index in [4.69, 9.17) is 4.74 Å². The van der Waals surface area contributed by atoms with Gasteiger partial charge in [-0.05, 0) is 36.4 Å². The number of anilines is 1. The summed E-state index contributed by atoms with van der Waals surface area (Å²) < 4.78 is 33.4. The first-order valence-corrected chi connectivity index (χ1v) is 10.1. The summed E-state index contributed by atoms with van der Waals surface area (Å²) in [5.41, 5.74) is 0.0552. The second-order valence-electron chi connectivity index (χ2n) is 5.67. The van der Waals surface area contributed by atoms with Crippen molar-refractivity contribution in [1.82, 2.24) is 0 Å². The molecular weight excluding hydrogens is 388 g/mol. The molecule has 4 rings (SSSR count). The van der Waals surface area contributed by atoms with E-state index in [-0.39, 0.29) is 10.6 Å². The third kappa shape index (κ3) is 3.46. The van der Waals surface area contributed by atoms with Crippen molar-refractivity contribution in [2.24, 2.45) is 0 Å². The van der Waals surface area contributed by atoms with Crippen molar-refractivity contribution >= 4 is 33.2 Å². The summed E-state index contributed by atoms with van der Waals surface area (Å²) in [5, 5.41) is 10.9. The first-order valence-electron chi connectivity index (χ1n) is 7.78. The zero-order valence-corrected chi connectivity index (χ0v) is 15.3. The summed E-state index contributed by atoms with van der Waals surface area (Å²) in [4.78, 5) is 11.8. The number of fused-ring (bicyclic) bond motifs is 2. The van der Waals surface area contributed by atoms with E-state index in [1.807, 2.05) is 24.3 Å². The van der Waals surface area contributed by atoms with Crippen molar-refractivity contribution in [3.8, 4) is 11.5 Å². The number of nitrogens with one attached hydrogen (secondary N) is 1. The average molecular weight is 400 g/mol. The van der Waals surface area contributed by atoms with Crippen LogP contribution in [0.5, 0.6) is 11.5 Å². The molecule has 0 fully saturated rings. The van der Waals surface area contributed by atoms with E-state index < -0.39 is 14.9 Å². The highest BCUT2D eigenvalue weighted by Crippen LogP contribution is 2.47. The summed E-state index contributed by atoms with van der Waals surface area (Å²) in [6.07, 6.45) is 0. The third-order valence-corrected chi connectivity index (χ3v) is 6.30. The van der Waals surface area contributed by atoms with Crippen LogP contribution < -0.4 is 9.46 Å². The predicted molar refractivity (Wildman–Crippen MR) is 101 cm³/mol. The van der Waals surface area contributed by atoms with E-state index in [2.05, 4.69) is 4.72 Å². The van der Waals surface area contributed by atoms with Gasteiger partial charge in [0.15, 0.2) is 0 Å². The van der Waals surface area contributed by atoms with Gasteiger partial charge in [-0.3, -0.25) is 14.8 Å². The van der Waals surface area contributed by atoms with Gasteiger partial charge < -0.3 is 4.74 Å². The van der Waals surface area contributed by atoms with Crippen LogP contribution in [0, 0.1) is 10.1 Å². The molecule has 1 heterocycles. The fourth-order valence-electron chi connectivity index (χ4n) is 2.57. The predicted octanol–water partition coefficient (Wildman–Crippen LogP) is 4.65. The molecule has 9 heteroatoms. The van der Waals surface area contributed by atoms with Crippen LogP contribution in [0.25, 0.3) is 0 Å². The fraction of sp³-hybridized carbons (Fsp3) is 0.